The lowest BCUT2D eigenvalue weighted by atomic mass is 10.4. The van der Waals surface area contributed by atoms with Crippen molar-refractivity contribution in [1.82, 2.24) is 20.0 Å². The second-order valence-electron chi connectivity index (χ2n) is 2.56. The molecule has 6 nitrogen and oxygen atoms in total. The van der Waals surface area contributed by atoms with E-state index in [1.807, 2.05) is 0 Å². The van der Waals surface area contributed by atoms with Gasteiger partial charge < -0.3 is 4.74 Å². The fourth-order valence-electron chi connectivity index (χ4n) is 1.10. The third-order valence-electron chi connectivity index (χ3n) is 1.69. The highest BCUT2D eigenvalue weighted by Gasteiger charge is 2.11. The van der Waals surface area contributed by atoms with Crippen LogP contribution in [-0.2, 0) is 4.74 Å². The predicted octanol–water partition coefficient (Wildman–Crippen LogP) is 0.831. The normalized spacial score (nSPS) is 10.4. The van der Waals surface area contributed by atoms with Crippen LogP contribution in [0.1, 0.15) is 6.92 Å². The Morgan fingerprint density at radius 3 is 3.29 bits per heavy atom. The van der Waals surface area contributed by atoms with Gasteiger partial charge in [-0.25, -0.2) is 4.79 Å². The van der Waals surface area contributed by atoms with Crippen molar-refractivity contribution in [3.63, 3.8) is 0 Å². The summed E-state index contributed by atoms with van der Waals surface area (Å²) in [5.74, 6) is 0. The average Bonchev–Trinajstić information content (AvgIpc) is 2.61. The van der Waals surface area contributed by atoms with E-state index in [1.165, 1.54) is 6.20 Å². The highest BCUT2D eigenvalue weighted by molar-refractivity contribution is 5.84. The van der Waals surface area contributed by atoms with Crippen molar-refractivity contribution in [2.75, 3.05) is 6.61 Å². The van der Waals surface area contributed by atoms with Gasteiger partial charge in [-0.05, 0) is 13.0 Å². The van der Waals surface area contributed by atoms with E-state index in [0.29, 0.717) is 17.6 Å². The molecule has 0 aliphatic rings. The molecule has 2 heterocycles. The number of pyridine rings is 1. The van der Waals surface area contributed by atoms with Gasteiger partial charge in [-0.1, -0.05) is 5.21 Å². The van der Waals surface area contributed by atoms with Crippen molar-refractivity contribution in [3.05, 3.63) is 18.5 Å². The summed E-state index contributed by atoms with van der Waals surface area (Å²) >= 11 is 0. The molecule has 0 atom stereocenters. The molecule has 0 spiro atoms. The van der Waals surface area contributed by atoms with Crippen molar-refractivity contribution < 1.29 is 9.53 Å². The molecule has 0 aliphatic carbocycles. The summed E-state index contributed by atoms with van der Waals surface area (Å²) in [6.07, 6.45) is 2.58. The molecule has 0 fully saturated rings. The average molecular weight is 192 g/mol. The van der Waals surface area contributed by atoms with E-state index in [4.69, 9.17) is 4.74 Å². The van der Waals surface area contributed by atoms with Crippen LogP contribution in [0.2, 0.25) is 0 Å². The molecular formula is C8H8N4O2. The van der Waals surface area contributed by atoms with Gasteiger partial charge in [0.25, 0.3) is 0 Å². The molecule has 0 bridgehead atoms. The maximum atomic E-state index is 11.3. The van der Waals surface area contributed by atoms with E-state index >= 15 is 0 Å². The summed E-state index contributed by atoms with van der Waals surface area (Å²) in [6.45, 7) is 2.05. The molecule has 14 heavy (non-hydrogen) atoms. The van der Waals surface area contributed by atoms with Crippen molar-refractivity contribution in [2.45, 2.75) is 6.92 Å². The molecule has 72 valence electrons. The van der Waals surface area contributed by atoms with E-state index in [0.717, 1.165) is 4.68 Å². The summed E-state index contributed by atoms with van der Waals surface area (Å²) in [5.41, 5.74) is 1.17. The van der Waals surface area contributed by atoms with Gasteiger partial charge >= 0.3 is 6.09 Å². The third-order valence-corrected chi connectivity index (χ3v) is 1.69. The fourth-order valence-corrected chi connectivity index (χ4v) is 1.10. The predicted molar refractivity (Wildman–Crippen MR) is 47.7 cm³/mol. The van der Waals surface area contributed by atoms with Gasteiger partial charge in [0, 0.05) is 6.20 Å². The topological polar surface area (TPSA) is 69.9 Å². The molecular weight excluding hydrogens is 184 g/mol. The van der Waals surface area contributed by atoms with Crippen molar-refractivity contribution in [2.24, 2.45) is 0 Å². The van der Waals surface area contributed by atoms with E-state index in [9.17, 15) is 4.79 Å². The molecule has 2 rings (SSSR count). The minimum Gasteiger partial charge on any atom is -0.448 e. The summed E-state index contributed by atoms with van der Waals surface area (Å²) in [5, 5.41) is 7.44. The quantitative estimate of drug-likeness (QED) is 0.669. The van der Waals surface area contributed by atoms with Crippen LogP contribution in [-0.4, -0.2) is 32.7 Å². The first kappa shape index (κ1) is 8.61. The zero-order valence-corrected chi connectivity index (χ0v) is 7.54. The second-order valence-corrected chi connectivity index (χ2v) is 2.56. The minimum atomic E-state index is -0.527. The first-order valence-electron chi connectivity index (χ1n) is 4.15. The molecule has 0 aliphatic heterocycles. The molecule has 0 aromatic carbocycles. The van der Waals surface area contributed by atoms with E-state index in [2.05, 4.69) is 15.3 Å². The first-order chi connectivity index (χ1) is 6.83. The Hall–Kier alpha value is -1.98. The molecule has 0 unspecified atom stereocenters. The van der Waals surface area contributed by atoms with Crippen LogP contribution >= 0.6 is 0 Å². The summed E-state index contributed by atoms with van der Waals surface area (Å²) in [4.78, 5) is 15.2. The minimum absolute atomic E-state index is 0.311. The largest absolute Gasteiger partial charge is 0.448 e. The lowest BCUT2D eigenvalue weighted by Gasteiger charge is -1.99. The summed E-state index contributed by atoms with van der Waals surface area (Å²) in [7, 11) is 0. The monoisotopic (exact) mass is 192 g/mol. The third kappa shape index (κ3) is 1.30. The SMILES string of the molecule is CCOC(=O)n1nnc2cnccc21. The van der Waals surface area contributed by atoms with Crippen LogP contribution in [0.5, 0.6) is 0 Å². The van der Waals surface area contributed by atoms with E-state index in [1.54, 1.807) is 19.2 Å². The number of carbonyl (C=O) groups excluding carboxylic acids is 1. The Morgan fingerprint density at radius 2 is 2.50 bits per heavy atom. The summed E-state index contributed by atoms with van der Waals surface area (Å²) in [6, 6.07) is 1.66. The number of hydrogen-bond acceptors (Lipinski definition) is 5. The van der Waals surface area contributed by atoms with Gasteiger partial charge in [-0.2, -0.15) is 0 Å². The van der Waals surface area contributed by atoms with Crippen LogP contribution in [0, 0.1) is 0 Å². The van der Waals surface area contributed by atoms with Crippen LogP contribution in [0.15, 0.2) is 18.5 Å². The molecule has 6 heteroatoms. The van der Waals surface area contributed by atoms with Gasteiger partial charge in [0.2, 0.25) is 0 Å². The highest BCUT2D eigenvalue weighted by Crippen LogP contribution is 2.07. The molecule has 0 saturated carbocycles. The van der Waals surface area contributed by atoms with Crippen molar-refractivity contribution >= 4 is 17.1 Å². The summed E-state index contributed by atoms with van der Waals surface area (Å²) < 4.78 is 5.91. The fraction of sp³-hybridized carbons (Fsp3) is 0.250. The van der Waals surface area contributed by atoms with Gasteiger partial charge in [0.15, 0.2) is 0 Å². The van der Waals surface area contributed by atoms with Crippen LogP contribution in [0.25, 0.3) is 11.0 Å². The van der Waals surface area contributed by atoms with Crippen LogP contribution in [0.4, 0.5) is 4.79 Å². The lowest BCUT2D eigenvalue weighted by molar-refractivity contribution is 0.151. The molecule has 0 saturated heterocycles. The molecule has 0 radical (unpaired) electrons. The Morgan fingerprint density at radius 1 is 1.64 bits per heavy atom. The van der Waals surface area contributed by atoms with E-state index < -0.39 is 6.09 Å². The lowest BCUT2D eigenvalue weighted by Crippen LogP contribution is -2.14. The van der Waals surface area contributed by atoms with Gasteiger partial charge in [-0.15, -0.1) is 9.78 Å². The van der Waals surface area contributed by atoms with E-state index in [-0.39, 0.29) is 0 Å². The van der Waals surface area contributed by atoms with Crippen LogP contribution in [0.3, 0.4) is 0 Å². The Labute approximate surface area is 79.5 Å². The standard InChI is InChI=1S/C8H8N4O2/c1-2-14-8(13)12-7-3-4-9-5-6(7)10-11-12/h3-5H,2H2,1H3. The molecule has 0 amide bonds. The first-order valence-corrected chi connectivity index (χ1v) is 4.15. The number of fused-ring (bicyclic) bond motifs is 1. The number of rotatable bonds is 1. The highest BCUT2D eigenvalue weighted by atomic mass is 16.6. The number of nitrogens with zero attached hydrogens (tertiary/aromatic N) is 4. The number of carbonyl (C=O) groups is 1. The maximum Gasteiger partial charge on any atom is 0.436 e. The van der Waals surface area contributed by atoms with Crippen molar-refractivity contribution in [1.29, 1.82) is 0 Å². The molecule has 2 aromatic heterocycles. The number of aromatic nitrogens is 4. The Balaban J connectivity index is 2.47. The van der Waals surface area contributed by atoms with Gasteiger partial charge in [0.05, 0.1) is 12.8 Å². The zero-order valence-electron chi connectivity index (χ0n) is 7.54. The smallest absolute Gasteiger partial charge is 0.436 e. The molecule has 2 aromatic rings. The second kappa shape index (κ2) is 3.41. The van der Waals surface area contributed by atoms with Crippen LogP contribution < -0.4 is 0 Å². The Bertz CT molecular complexity index is 465. The van der Waals surface area contributed by atoms with Crippen molar-refractivity contribution in [3.8, 4) is 0 Å². The van der Waals surface area contributed by atoms with Gasteiger partial charge in [0.1, 0.15) is 11.0 Å². The molecule has 0 N–H and O–H groups in total. The maximum absolute atomic E-state index is 11.3. The number of ether oxygens (including phenoxy) is 1. The van der Waals surface area contributed by atoms with Gasteiger partial charge in [-0.3, -0.25) is 4.98 Å². The zero-order chi connectivity index (χ0) is 9.97. The Kier molecular flexibility index (Phi) is 2.10. The number of hydrogen-bond donors (Lipinski definition) is 0.